The van der Waals surface area contributed by atoms with Crippen LogP contribution in [0.1, 0.15) is 20.8 Å². The third-order valence-electron chi connectivity index (χ3n) is 2.71. The number of rotatable bonds is 5. The van der Waals surface area contributed by atoms with Crippen molar-refractivity contribution in [3.8, 4) is 0 Å². The van der Waals surface area contributed by atoms with Crippen molar-refractivity contribution < 1.29 is 9.85 Å². The molecule has 0 saturated heterocycles. The maximum absolute atomic E-state index is 10.3. The summed E-state index contributed by atoms with van der Waals surface area (Å²) in [6, 6.07) is 3.26. The highest BCUT2D eigenvalue weighted by Crippen LogP contribution is 2.26. The molecule has 0 aliphatic heterocycles. The second kappa shape index (κ2) is 9.27. The lowest BCUT2D eigenvalue weighted by molar-refractivity contribution is -0.395. The maximum Gasteiger partial charge on any atom is 0.289 e. The van der Waals surface area contributed by atoms with Crippen LogP contribution >= 0.6 is 12.6 Å². The highest BCUT2D eigenvalue weighted by atomic mass is 32.1. The van der Waals surface area contributed by atoms with Gasteiger partial charge in [0.15, 0.2) is 0 Å². The summed E-state index contributed by atoms with van der Waals surface area (Å²) in [5.74, 6) is 0. The summed E-state index contributed by atoms with van der Waals surface area (Å²) in [5.41, 5.74) is -0.679. The molecule has 0 atom stereocenters. The zero-order valence-corrected chi connectivity index (χ0v) is 12.7. The molecule has 0 aromatic heterocycles. The lowest BCUT2D eigenvalue weighted by Gasteiger charge is -2.13. The molecule has 1 rings (SSSR count). The molecule has 112 valence electrons. The first-order valence-corrected chi connectivity index (χ1v) is 6.66. The van der Waals surface area contributed by atoms with Gasteiger partial charge in [0.05, 0.1) is 20.8 Å². The molecular formula is C12H19N3O4S. The Morgan fingerprint density at radius 2 is 1.55 bits per heavy atom. The van der Waals surface area contributed by atoms with Crippen LogP contribution in [0.15, 0.2) is 23.1 Å². The minimum atomic E-state index is -0.713. The summed E-state index contributed by atoms with van der Waals surface area (Å²) in [4.78, 5) is 21.7. The summed E-state index contributed by atoms with van der Waals surface area (Å²) >= 11 is 3.79. The molecule has 0 aliphatic carbocycles. The molecular weight excluding hydrogens is 282 g/mol. The number of nitro benzene ring substituents is 2. The fraction of sp³-hybridized carbons (Fsp3) is 0.500. The van der Waals surface area contributed by atoms with Gasteiger partial charge in [0.1, 0.15) is 0 Å². The second-order valence-corrected chi connectivity index (χ2v) is 4.29. The van der Waals surface area contributed by atoms with Gasteiger partial charge >= 0.3 is 0 Å². The molecule has 0 heterocycles. The molecule has 1 aromatic carbocycles. The van der Waals surface area contributed by atoms with Crippen molar-refractivity contribution in [3.63, 3.8) is 0 Å². The SMILES string of the molecule is CCN(CC)CC.O=[N+]([O-])c1ccc(S)c([N+](=O)[O-])c1. The Hall–Kier alpha value is -1.67. The van der Waals surface area contributed by atoms with Crippen molar-refractivity contribution in [1.82, 2.24) is 4.90 Å². The first-order chi connectivity index (χ1) is 9.37. The number of hydrogen-bond acceptors (Lipinski definition) is 6. The van der Waals surface area contributed by atoms with E-state index in [1.54, 1.807) is 0 Å². The zero-order chi connectivity index (χ0) is 15.7. The molecule has 1 aromatic rings. The van der Waals surface area contributed by atoms with Crippen LogP contribution in [0.2, 0.25) is 0 Å². The van der Waals surface area contributed by atoms with Crippen molar-refractivity contribution >= 4 is 24.0 Å². The summed E-state index contributed by atoms with van der Waals surface area (Å²) in [6.07, 6.45) is 0. The molecule has 0 aliphatic rings. The van der Waals surface area contributed by atoms with E-state index in [2.05, 4.69) is 38.3 Å². The van der Waals surface area contributed by atoms with Crippen LogP contribution in [0.4, 0.5) is 11.4 Å². The fourth-order valence-corrected chi connectivity index (χ4v) is 1.66. The number of non-ortho nitro benzene ring substituents is 1. The second-order valence-electron chi connectivity index (χ2n) is 3.81. The molecule has 7 nitrogen and oxygen atoms in total. The van der Waals surface area contributed by atoms with Crippen LogP contribution in [-0.4, -0.2) is 34.4 Å². The van der Waals surface area contributed by atoms with Gasteiger partial charge in [0.25, 0.3) is 11.4 Å². The predicted octanol–water partition coefficient (Wildman–Crippen LogP) is 3.14. The van der Waals surface area contributed by atoms with Crippen LogP contribution in [0.3, 0.4) is 0 Å². The van der Waals surface area contributed by atoms with Gasteiger partial charge in [-0.25, -0.2) is 0 Å². The maximum atomic E-state index is 10.3. The van der Waals surface area contributed by atoms with E-state index in [-0.39, 0.29) is 16.3 Å². The number of nitrogens with zero attached hydrogens (tertiary/aromatic N) is 3. The molecule has 20 heavy (non-hydrogen) atoms. The molecule has 0 bridgehead atoms. The molecule has 0 spiro atoms. The Bertz CT molecular complexity index is 459. The Morgan fingerprint density at radius 3 is 1.85 bits per heavy atom. The van der Waals surface area contributed by atoms with E-state index < -0.39 is 9.85 Å². The topological polar surface area (TPSA) is 89.5 Å². The first kappa shape index (κ1) is 18.3. The third kappa shape index (κ3) is 5.98. The van der Waals surface area contributed by atoms with Gasteiger partial charge in [-0.2, -0.15) is 0 Å². The van der Waals surface area contributed by atoms with Gasteiger partial charge < -0.3 is 4.90 Å². The lowest BCUT2D eigenvalue weighted by Crippen LogP contribution is -2.21. The van der Waals surface area contributed by atoms with Crippen molar-refractivity contribution in [1.29, 1.82) is 0 Å². The van der Waals surface area contributed by atoms with E-state index in [9.17, 15) is 20.2 Å². The average Bonchev–Trinajstić information content (AvgIpc) is 2.41. The summed E-state index contributed by atoms with van der Waals surface area (Å²) in [6.45, 7) is 10.1. The molecule has 8 heteroatoms. The van der Waals surface area contributed by atoms with Gasteiger partial charge in [-0.3, -0.25) is 20.2 Å². The van der Waals surface area contributed by atoms with Gasteiger partial charge in [0.2, 0.25) is 0 Å². The average molecular weight is 301 g/mol. The highest BCUT2D eigenvalue weighted by molar-refractivity contribution is 7.80. The summed E-state index contributed by atoms with van der Waals surface area (Å²) in [5, 5.41) is 20.6. The minimum absolute atomic E-state index is 0.107. The van der Waals surface area contributed by atoms with Crippen molar-refractivity contribution in [3.05, 3.63) is 38.4 Å². The summed E-state index contributed by atoms with van der Waals surface area (Å²) < 4.78 is 0. The largest absolute Gasteiger partial charge is 0.304 e. The van der Waals surface area contributed by atoms with Crippen molar-refractivity contribution in [2.24, 2.45) is 0 Å². The fourth-order valence-electron chi connectivity index (χ4n) is 1.44. The molecule has 0 N–H and O–H groups in total. The van der Waals surface area contributed by atoms with E-state index in [0.717, 1.165) is 12.1 Å². The van der Waals surface area contributed by atoms with Gasteiger partial charge in [-0.1, -0.05) is 20.8 Å². The number of thiol groups is 1. The number of hydrogen-bond donors (Lipinski definition) is 1. The lowest BCUT2D eigenvalue weighted by atomic mass is 10.3. The van der Waals surface area contributed by atoms with E-state index in [4.69, 9.17) is 0 Å². The van der Waals surface area contributed by atoms with Gasteiger partial charge in [-0.05, 0) is 25.7 Å². The normalized spacial score (nSPS) is 9.85. The van der Waals surface area contributed by atoms with Crippen LogP contribution < -0.4 is 0 Å². The smallest absolute Gasteiger partial charge is 0.289 e. The van der Waals surface area contributed by atoms with Crippen LogP contribution in [-0.2, 0) is 0 Å². The zero-order valence-electron chi connectivity index (χ0n) is 11.8. The quantitative estimate of drug-likeness (QED) is 0.512. The Kier molecular flexibility index (Phi) is 8.49. The molecule has 0 fully saturated rings. The van der Waals surface area contributed by atoms with Crippen LogP contribution in [0.25, 0.3) is 0 Å². The monoisotopic (exact) mass is 301 g/mol. The van der Waals surface area contributed by atoms with Crippen molar-refractivity contribution in [2.75, 3.05) is 19.6 Å². The van der Waals surface area contributed by atoms with Crippen LogP contribution in [0, 0.1) is 20.2 Å². The van der Waals surface area contributed by atoms with E-state index in [0.29, 0.717) is 0 Å². The van der Waals surface area contributed by atoms with Crippen LogP contribution in [0.5, 0.6) is 0 Å². The Balaban J connectivity index is 0.000000441. The van der Waals surface area contributed by atoms with Crippen molar-refractivity contribution in [2.45, 2.75) is 25.7 Å². The van der Waals surface area contributed by atoms with E-state index in [1.807, 2.05) is 0 Å². The molecule has 0 radical (unpaired) electrons. The standard InChI is InChI=1S/C6H4N2O4S.C6H15N/c9-7(10)4-1-2-6(13)5(3-4)8(11)12;1-4-7(5-2)6-3/h1-3,13H;4-6H2,1-3H3. The first-order valence-electron chi connectivity index (χ1n) is 6.21. The molecule has 0 amide bonds. The Labute approximate surface area is 123 Å². The minimum Gasteiger partial charge on any atom is -0.304 e. The molecule has 0 saturated carbocycles. The Morgan fingerprint density at radius 1 is 1.05 bits per heavy atom. The third-order valence-corrected chi connectivity index (χ3v) is 3.09. The number of nitro groups is 2. The highest BCUT2D eigenvalue weighted by Gasteiger charge is 2.16. The predicted molar refractivity (Wildman–Crippen MR) is 80.5 cm³/mol. The number of benzene rings is 1. The van der Waals surface area contributed by atoms with Gasteiger partial charge in [-0.15, -0.1) is 12.6 Å². The summed E-state index contributed by atoms with van der Waals surface area (Å²) in [7, 11) is 0. The van der Waals surface area contributed by atoms with E-state index in [1.165, 1.54) is 25.7 Å². The van der Waals surface area contributed by atoms with Gasteiger partial charge in [0, 0.05) is 6.07 Å². The molecule has 0 unspecified atom stereocenters. The van der Waals surface area contributed by atoms with E-state index >= 15 is 0 Å².